The van der Waals surface area contributed by atoms with E-state index in [0.717, 1.165) is 6.42 Å². The Kier molecular flexibility index (Phi) is 6.90. The van der Waals surface area contributed by atoms with E-state index < -0.39 is 0 Å². The molecule has 122 valence electrons. The van der Waals surface area contributed by atoms with Crippen LogP contribution < -0.4 is 5.32 Å². The van der Waals surface area contributed by atoms with Crippen LogP contribution >= 0.6 is 23.2 Å². The molecule has 1 amide bonds. The third kappa shape index (κ3) is 5.24. The quantitative estimate of drug-likeness (QED) is 0.781. The second-order valence-electron chi connectivity index (χ2n) is 5.29. The Morgan fingerprint density at radius 2 is 1.83 bits per heavy atom. The molecule has 0 fully saturated rings. The molecule has 0 radical (unpaired) electrons. The molecule has 2 aromatic rings. The van der Waals surface area contributed by atoms with Crippen LogP contribution in [0.5, 0.6) is 0 Å². The van der Waals surface area contributed by atoms with Gasteiger partial charge in [-0.25, -0.2) is 0 Å². The zero-order valence-corrected chi connectivity index (χ0v) is 14.1. The van der Waals surface area contributed by atoms with Gasteiger partial charge < -0.3 is 10.4 Å². The van der Waals surface area contributed by atoms with Crippen LogP contribution in [0.2, 0.25) is 10.0 Å². The Hall–Kier alpha value is -1.55. The summed E-state index contributed by atoms with van der Waals surface area (Å²) in [6.07, 6.45) is 1.42. The molecular formula is C18H19Cl2NO2. The third-order valence-electron chi connectivity index (χ3n) is 3.70. The summed E-state index contributed by atoms with van der Waals surface area (Å²) in [7, 11) is 0. The first-order valence-electron chi connectivity index (χ1n) is 7.51. The number of hydrogen-bond acceptors (Lipinski definition) is 2. The first kappa shape index (κ1) is 17.8. The van der Waals surface area contributed by atoms with Crippen LogP contribution in [-0.4, -0.2) is 24.2 Å². The van der Waals surface area contributed by atoms with Gasteiger partial charge in [-0.3, -0.25) is 4.79 Å². The summed E-state index contributed by atoms with van der Waals surface area (Å²) in [6.45, 7) is 0.633. The average molecular weight is 352 g/mol. The Balaban J connectivity index is 1.93. The van der Waals surface area contributed by atoms with Crippen molar-refractivity contribution >= 4 is 29.1 Å². The number of halogens is 2. The lowest BCUT2D eigenvalue weighted by Gasteiger charge is -2.16. The standard InChI is InChI=1S/C18H19Cl2NO2/c19-15-6-7-16(17(20)12-15)18(23)21-10-8-14(9-11-22)13-4-2-1-3-5-13/h1-7,12,14,22H,8-11H2,(H,21,23). The first-order valence-corrected chi connectivity index (χ1v) is 8.26. The van der Waals surface area contributed by atoms with Gasteiger partial charge in [0.05, 0.1) is 10.6 Å². The Bertz CT molecular complexity index is 647. The van der Waals surface area contributed by atoms with Crippen molar-refractivity contribution in [3.05, 3.63) is 69.7 Å². The highest BCUT2D eigenvalue weighted by molar-refractivity contribution is 6.36. The first-order chi connectivity index (χ1) is 11.1. The van der Waals surface area contributed by atoms with E-state index in [1.165, 1.54) is 5.56 Å². The predicted octanol–water partition coefficient (Wildman–Crippen LogP) is 4.28. The number of hydrogen-bond donors (Lipinski definition) is 2. The fourth-order valence-electron chi connectivity index (χ4n) is 2.49. The van der Waals surface area contributed by atoms with Gasteiger partial charge in [-0.1, -0.05) is 53.5 Å². The molecule has 1 unspecified atom stereocenters. The highest BCUT2D eigenvalue weighted by Crippen LogP contribution is 2.23. The van der Waals surface area contributed by atoms with Crippen LogP contribution in [0.1, 0.15) is 34.7 Å². The van der Waals surface area contributed by atoms with E-state index in [-0.39, 0.29) is 18.4 Å². The maximum atomic E-state index is 12.2. The fourth-order valence-corrected chi connectivity index (χ4v) is 2.98. The van der Waals surface area contributed by atoms with Crippen LogP contribution in [0.3, 0.4) is 0 Å². The SMILES string of the molecule is O=C(NCCC(CCO)c1ccccc1)c1ccc(Cl)cc1Cl. The van der Waals surface area contributed by atoms with Crippen molar-refractivity contribution in [3.63, 3.8) is 0 Å². The van der Waals surface area contributed by atoms with E-state index in [4.69, 9.17) is 23.2 Å². The van der Waals surface area contributed by atoms with Crippen molar-refractivity contribution in [2.45, 2.75) is 18.8 Å². The second-order valence-corrected chi connectivity index (χ2v) is 6.13. The normalized spacial score (nSPS) is 12.0. The average Bonchev–Trinajstić information content (AvgIpc) is 2.54. The van der Waals surface area contributed by atoms with E-state index in [2.05, 4.69) is 5.32 Å². The zero-order chi connectivity index (χ0) is 16.7. The summed E-state index contributed by atoms with van der Waals surface area (Å²) in [4.78, 5) is 12.2. The molecule has 0 aliphatic rings. The summed E-state index contributed by atoms with van der Waals surface area (Å²) in [6, 6.07) is 14.8. The minimum atomic E-state index is -0.220. The number of nitrogens with one attached hydrogen (secondary N) is 1. The number of benzene rings is 2. The maximum Gasteiger partial charge on any atom is 0.252 e. The van der Waals surface area contributed by atoms with E-state index in [9.17, 15) is 9.90 Å². The van der Waals surface area contributed by atoms with Crippen molar-refractivity contribution in [3.8, 4) is 0 Å². The van der Waals surface area contributed by atoms with E-state index in [0.29, 0.717) is 28.6 Å². The topological polar surface area (TPSA) is 49.3 Å². The number of rotatable bonds is 7. The lowest BCUT2D eigenvalue weighted by Crippen LogP contribution is -2.26. The highest BCUT2D eigenvalue weighted by Gasteiger charge is 2.13. The molecule has 0 aliphatic heterocycles. The molecule has 23 heavy (non-hydrogen) atoms. The van der Waals surface area contributed by atoms with E-state index in [1.54, 1.807) is 18.2 Å². The van der Waals surface area contributed by atoms with Crippen molar-refractivity contribution in [1.29, 1.82) is 0 Å². The molecule has 0 bridgehead atoms. The number of amides is 1. The summed E-state index contributed by atoms with van der Waals surface area (Å²) >= 11 is 11.9. The number of carbonyl (C=O) groups excluding carboxylic acids is 1. The fraction of sp³-hybridized carbons (Fsp3) is 0.278. The van der Waals surface area contributed by atoms with Gasteiger partial charge in [-0.05, 0) is 42.5 Å². The van der Waals surface area contributed by atoms with Gasteiger partial charge in [0.1, 0.15) is 0 Å². The van der Waals surface area contributed by atoms with Crippen LogP contribution in [0, 0.1) is 0 Å². The Morgan fingerprint density at radius 3 is 2.48 bits per heavy atom. The summed E-state index contributed by atoms with van der Waals surface area (Å²) in [5.74, 6) is -0.00957. The molecule has 5 heteroatoms. The largest absolute Gasteiger partial charge is 0.396 e. The molecule has 0 saturated heterocycles. The lowest BCUT2D eigenvalue weighted by molar-refractivity contribution is 0.0952. The van der Waals surface area contributed by atoms with Crippen LogP contribution in [0.15, 0.2) is 48.5 Å². The molecule has 0 aromatic heterocycles. The smallest absolute Gasteiger partial charge is 0.252 e. The molecule has 0 heterocycles. The van der Waals surface area contributed by atoms with Gasteiger partial charge in [-0.15, -0.1) is 0 Å². The Labute approximate surface area is 146 Å². The highest BCUT2D eigenvalue weighted by atomic mass is 35.5. The molecule has 0 saturated carbocycles. The van der Waals surface area contributed by atoms with Gasteiger partial charge in [-0.2, -0.15) is 0 Å². The van der Waals surface area contributed by atoms with Crippen LogP contribution in [0.4, 0.5) is 0 Å². The number of aliphatic hydroxyl groups is 1. The van der Waals surface area contributed by atoms with Gasteiger partial charge in [0, 0.05) is 18.2 Å². The molecule has 2 rings (SSSR count). The zero-order valence-electron chi connectivity index (χ0n) is 12.6. The summed E-state index contributed by atoms with van der Waals surface area (Å²) in [5, 5.41) is 12.9. The third-order valence-corrected chi connectivity index (χ3v) is 4.25. The summed E-state index contributed by atoms with van der Waals surface area (Å²) in [5.41, 5.74) is 1.58. The van der Waals surface area contributed by atoms with Gasteiger partial charge in [0.2, 0.25) is 0 Å². The van der Waals surface area contributed by atoms with Crippen molar-refractivity contribution in [2.24, 2.45) is 0 Å². The molecule has 1 atom stereocenters. The molecule has 0 aliphatic carbocycles. The van der Waals surface area contributed by atoms with Crippen molar-refractivity contribution in [1.82, 2.24) is 5.32 Å². The van der Waals surface area contributed by atoms with Gasteiger partial charge in [0.15, 0.2) is 0 Å². The number of carbonyl (C=O) groups is 1. The van der Waals surface area contributed by atoms with Crippen LogP contribution in [-0.2, 0) is 0 Å². The second kappa shape index (κ2) is 8.92. The Morgan fingerprint density at radius 1 is 1.09 bits per heavy atom. The molecule has 2 N–H and O–H groups in total. The minimum absolute atomic E-state index is 0.122. The van der Waals surface area contributed by atoms with Crippen molar-refractivity contribution < 1.29 is 9.90 Å². The van der Waals surface area contributed by atoms with E-state index in [1.807, 2.05) is 30.3 Å². The van der Waals surface area contributed by atoms with Gasteiger partial charge >= 0.3 is 0 Å². The predicted molar refractivity (Wildman–Crippen MR) is 94.3 cm³/mol. The van der Waals surface area contributed by atoms with E-state index >= 15 is 0 Å². The molecular weight excluding hydrogens is 333 g/mol. The monoisotopic (exact) mass is 351 g/mol. The molecule has 2 aromatic carbocycles. The molecule has 3 nitrogen and oxygen atoms in total. The summed E-state index contributed by atoms with van der Waals surface area (Å²) < 4.78 is 0. The van der Waals surface area contributed by atoms with Crippen LogP contribution in [0.25, 0.3) is 0 Å². The lowest BCUT2D eigenvalue weighted by atomic mass is 9.93. The number of aliphatic hydroxyl groups excluding tert-OH is 1. The van der Waals surface area contributed by atoms with Crippen molar-refractivity contribution in [2.75, 3.05) is 13.2 Å². The van der Waals surface area contributed by atoms with Gasteiger partial charge in [0.25, 0.3) is 5.91 Å². The molecule has 0 spiro atoms. The minimum Gasteiger partial charge on any atom is -0.396 e. The maximum absolute atomic E-state index is 12.2.